The van der Waals surface area contributed by atoms with Gasteiger partial charge >= 0.3 is 0 Å². The van der Waals surface area contributed by atoms with Crippen LogP contribution in [0.4, 0.5) is 14.5 Å². The molecule has 128 valence electrons. The first-order valence-corrected chi connectivity index (χ1v) is 7.34. The number of benzene rings is 2. The van der Waals surface area contributed by atoms with Gasteiger partial charge in [0.05, 0.1) is 11.9 Å². The van der Waals surface area contributed by atoms with Gasteiger partial charge in [-0.1, -0.05) is 12.1 Å². The zero-order valence-electron chi connectivity index (χ0n) is 12.9. The summed E-state index contributed by atoms with van der Waals surface area (Å²) in [7, 11) is 0. The van der Waals surface area contributed by atoms with E-state index in [9.17, 15) is 18.4 Å². The zero-order valence-corrected chi connectivity index (χ0v) is 12.9. The number of anilines is 1. The number of carbonyl (C=O) groups excluding carboxylic acids is 2. The lowest BCUT2D eigenvalue weighted by Crippen LogP contribution is -2.44. The number of ether oxygens (including phenoxy) is 1. The van der Waals surface area contributed by atoms with Gasteiger partial charge < -0.3 is 4.74 Å². The van der Waals surface area contributed by atoms with Crippen molar-refractivity contribution in [1.82, 2.24) is 5.43 Å². The van der Waals surface area contributed by atoms with Gasteiger partial charge in [-0.2, -0.15) is 5.10 Å². The molecule has 0 saturated heterocycles. The van der Waals surface area contributed by atoms with E-state index in [-0.39, 0.29) is 24.6 Å². The molecule has 6 nitrogen and oxygen atoms in total. The number of carbonyl (C=O) groups is 2. The van der Waals surface area contributed by atoms with Gasteiger partial charge in [-0.3, -0.25) is 14.5 Å². The highest BCUT2D eigenvalue weighted by atomic mass is 19.1. The van der Waals surface area contributed by atoms with Crippen LogP contribution in [-0.4, -0.2) is 31.2 Å². The summed E-state index contributed by atoms with van der Waals surface area (Å²) in [6.45, 7) is -0.420. The van der Waals surface area contributed by atoms with Crippen LogP contribution in [0, 0.1) is 11.6 Å². The van der Waals surface area contributed by atoms with E-state index in [1.807, 2.05) is 0 Å². The van der Waals surface area contributed by atoms with Crippen molar-refractivity contribution >= 4 is 23.7 Å². The quantitative estimate of drug-likeness (QED) is 0.679. The Balaban J connectivity index is 1.65. The molecule has 2 aromatic carbocycles. The Hall–Kier alpha value is -3.29. The highest BCUT2D eigenvalue weighted by molar-refractivity contribution is 6.02. The third-order valence-electron chi connectivity index (χ3n) is 3.47. The minimum atomic E-state index is -0.796. The molecule has 0 aliphatic carbocycles. The predicted octanol–water partition coefficient (Wildman–Crippen LogP) is 1.84. The third kappa shape index (κ3) is 3.79. The molecule has 1 N–H and O–H groups in total. The highest BCUT2D eigenvalue weighted by Gasteiger charge is 2.26. The second-order valence-electron chi connectivity index (χ2n) is 5.20. The Morgan fingerprint density at radius 3 is 2.88 bits per heavy atom. The van der Waals surface area contributed by atoms with E-state index in [4.69, 9.17) is 4.74 Å². The number of fused-ring (bicyclic) bond motifs is 1. The molecule has 3 rings (SSSR count). The number of para-hydroxylation sites is 2. The first kappa shape index (κ1) is 16.6. The van der Waals surface area contributed by atoms with Crippen molar-refractivity contribution in [3.05, 3.63) is 59.7 Å². The number of amides is 2. The van der Waals surface area contributed by atoms with Gasteiger partial charge in [-0.25, -0.2) is 14.2 Å². The lowest BCUT2D eigenvalue weighted by Gasteiger charge is -2.28. The molecule has 1 aliphatic rings. The van der Waals surface area contributed by atoms with Gasteiger partial charge in [0, 0.05) is 11.6 Å². The van der Waals surface area contributed by atoms with Gasteiger partial charge in [-0.05, 0) is 24.3 Å². The normalized spacial score (nSPS) is 13.5. The summed E-state index contributed by atoms with van der Waals surface area (Å²) in [5.41, 5.74) is 2.72. The van der Waals surface area contributed by atoms with E-state index < -0.39 is 17.5 Å². The number of nitrogens with one attached hydrogen (secondary N) is 1. The maximum absolute atomic E-state index is 13.5. The maximum Gasteiger partial charge on any atom is 0.265 e. The summed E-state index contributed by atoms with van der Waals surface area (Å²) in [6.07, 6.45) is 1.06. The third-order valence-corrected chi connectivity index (χ3v) is 3.47. The molecule has 0 saturated carbocycles. The molecular weight excluding hydrogens is 332 g/mol. The average molecular weight is 345 g/mol. The number of hydrogen-bond acceptors (Lipinski definition) is 4. The molecule has 0 spiro atoms. The molecule has 8 heteroatoms. The first-order valence-electron chi connectivity index (χ1n) is 7.34. The fourth-order valence-corrected chi connectivity index (χ4v) is 2.29. The zero-order chi connectivity index (χ0) is 17.8. The number of hydrazone groups is 1. The van der Waals surface area contributed by atoms with Crippen molar-refractivity contribution in [2.45, 2.75) is 0 Å². The monoisotopic (exact) mass is 345 g/mol. The molecule has 0 unspecified atom stereocenters. The van der Waals surface area contributed by atoms with Crippen LogP contribution in [0.25, 0.3) is 0 Å². The molecule has 25 heavy (non-hydrogen) atoms. The van der Waals surface area contributed by atoms with Crippen molar-refractivity contribution in [3.8, 4) is 5.75 Å². The highest BCUT2D eigenvalue weighted by Crippen LogP contribution is 2.31. The molecule has 0 atom stereocenters. The van der Waals surface area contributed by atoms with E-state index >= 15 is 0 Å². The van der Waals surface area contributed by atoms with Gasteiger partial charge in [0.2, 0.25) is 0 Å². The van der Waals surface area contributed by atoms with Crippen molar-refractivity contribution in [1.29, 1.82) is 0 Å². The number of nitrogens with zero attached hydrogens (tertiary/aromatic N) is 2. The van der Waals surface area contributed by atoms with E-state index in [0.717, 1.165) is 12.3 Å². The van der Waals surface area contributed by atoms with Gasteiger partial charge in [-0.15, -0.1) is 0 Å². The molecule has 0 bridgehead atoms. The molecule has 0 radical (unpaired) electrons. The SMILES string of the molecule is O=C(CN1C(=O)COc2ccccc21)N/N=C\c1ccc(F)cc1F. The molecule has 2 amide bonds. The minimum absolute atomic E-state index is 0.0227. The van der Waals surface area contributed by atoms with E-state index in [0.29, 0.717) is 17.5 Å². The van der Waals surface area contributed by atoms with Crippen LogP contribution in [-0.2, 0) is 9.59 Å². The Bertz CT molecular complexity index is 855. The number of hydrogen-bond donors (Lipinski definition) is 1. The van der Waals surface area contributed by atoms with Crippen LogP contribution in [0.2, 0.25) is 0 Å². The molecule has 1 heterocycles. The lowest BCUT2D eigenvalue weighted by atomic mass is 10.2. The molecular formula is C17H13F2N3O3. The maximum atomic E-state index is 13.5. The van der Waals surface area contributed by atoms with E-state index in [1.165, 1.54) is 11.0 Å². The van der Waals surface area contributed by atoms with Gasteiger partial charge in [0.15, 0.2) is 6.61 Å². The first-order chi connectivity index (χ1) is 12.0. The predicted molar refractivity (Wildman–Crippen MR) is 86.4 cm³/mol. The smallest absolute Gasteiger partial charge is 0.265 e. The largest absolute Gasteiger partial charge is 0.482 e. The molecule has 2 aromatic rings. The number of halogens is 2. The summed E-state index contributed by atoms with van der Waals surface area (Å²) in [6, 6.07) is 9.83. The molecule has 0 fully saturated rings. The second kappa shape index (κ2) is 7.08. The Kier molecular flexibility index (Phi) is 4.69. The van der Waals surface area contributed by atoms with Crippen LogP contribution in [0.5, 0.6) is 5.75 Å². The Morgan fingerprint density at radius 2 is 2.08 bits per heavy atom. The Labute approximate surface area is 141 Å². The van der Waals surface area contributed by atoms with Crippen LogP contribution < -0.4 is 15.1 Å². The van der Waals surface area contributed by atoms with Crippen LogP contribution in [0.3, 0.4) is 0 Å². The summed E-state index contributed by atoms with van der Waals surface area (Å²) in [5, 5.41) is 3.62. The molecule has 1 aliphatic heterocycles. The lowest BCUT2D eigenvalue weighted by molar-refractivity contribution is -0.125. The second-order valence-corrected chi connectivity index (χ2v) is 5.20. The van der Waals surface area contributed by atoms with Crippen LogP contribution >= 0.6 is 0 Å². The standard InChI is InChI=1S/C17H13F2N3O3/c18-12-6-5-11(13(19)7-12)8-20-21-16(23)9-22-14-3-1-2-4-15(14)25-10-17(22)24/h1-8H,9-10H2,(H,21,23)/b20-8-. The number of rotatable bonds is 4. The summed E-state index contributed by atoms with van der Waals surface area (Å²) < 4.78 is 31.6. The fraction of sp³-hybridized carbons (Fsp3) is 0.118. The van der Waals surface area contributed by atoms with E-state index in [1.54, 1.807) is 24.3 Å². The van der Waals surface area contributed by atoms with Crippen LogP contribution in [0.1, 0.15) is 5.56 Å². The fourth-order valence-electron chi connectivity index (χ4n) is 2.29. The van der Waals surface area contributed by atoms with Gasteiger partial charge in [0.1, 0.15) is 23.9 Å². The van der Waals surface area contributed by atoms with Gasteiger partial charge in [0.25, 0.3) is 11.8 Å². The summed E-state index contributed by atoms with van der Waals surface area (Å²) in [5.74, 6) is -1.92. The average Bonchev–Trinajstić information content (AvgIpc) is 2.59. The topological polar surface area (TPSA) is 71.0 Å². The van der Waals surface area contributed by atoms with Crippen molar-refractivity contribution in [2.24, 2.45) is 5.10 Å². The van der Waals surface area contributed by atoms with Crippen molar-refractivity contribution in [3.63, 3.8) is 0 Å². The van der Waals surface area contributed by atoms with Crippen LogP contribution in [0.15, 0.2) is 47.6 Å². The van der Waals surface area contributed by atoms with Crippen molar-refractivity contribution < 1.29 is 23.1 Å². The minimum Gasteiger partial charge on any atom is -0.482 e. The summed E-state index contributed by atoms with van der Waals surface area (Å²) in [4.78, 5) is 25.2. The molecule has 0 aromatic heterocycles. The van der Waals surface area contributed by atoms with Crippen molar-refractivity contribution in [2.75, 3.05) is 18.1 Å². The van der Waals surface area contributed by atoms with E-state index in [2.05, 4.69) is 10.5 Å². The Morgan fingerprint density at radius 1 is 1.28 bits per heavy atom. The summed E-state index contributed by atoms with van der Waals surface area (Å²) >= 11 is 0.